The molecule has 0 saturated carbocycles. The average Bonchev–Trinajstić information content (AvgIpc) is 3.00. The quantitative estimate of drug-likeness (QED) is 0.432. The molecule has 0 fully saturated rings. The third kappa shape index (κ3) is 4.00. The molecule has 1 aliphatic heterocycles. The normalized spacial score (nSPS) is 15.8. The van der Waals surface area contributed by atoms with E-state index in [1.165, 1.54) is 12.1 Å². The van der Waals surface area contributed by atoms with Crippen molar-refractivity contribution in [2.24, 2.45) is 0 Å². The zero-order valence-electron chi connectivity index (χ0n) is 15.4. The van der Waals surface area contributed by atoms with Gasteiger partial charge in [0.15, 0.2) is 5.75 Å². The number of carbonyl (C=O) groups excluding carboxylic acids is 1. The van der Waals surface area contributed by atoms with Crippen molar-refractivity contribution in [1.29, 1.82) is 0 Å². The first-order valence-corrected chi connectivity index (χ1v) is 9.01. The monoisotopic (exact) mass is 366 g/mol. The van der Waals surface area contributed by atoms with Gasteiger partial charge in [0.2, 0.25) is 0 Å². The van der Waals surface area contributed by atoms with Crippen LogP contribution in [0.5, 0.6) is 5.75 Å². The second-order valence-corrected chi connectivity index (χ2v) is 6.56. The van der Waals surface area contributed by atoms with Crippen molar-refractivity contribution in [3.63, 3.8) is 0 Å². The van der Waals surface area contributed by atoms with Crippen LogP contribution < -0.4 is 9.64 Å². The lowest BCUT2D eigenvalue weighted by atomic mass is 10.1. The Morgan fingerprint density at radius 1 is 1.33 bits per heavy atom. The molecule has 0 spiro atoms. The molecule has 1 atom stereocenters. The standard InChI is InChI=1S/C21H22N2O4/c1-3-12-27-20-10-8-16(14-19(20)23(25)26)9-11-21(24)22-15(2)13-17-6-4-5-7-18(17)22/h4-11,14-15H,3,12-13H2,1-2H3/b11-9+. The molecule has 1 amide bonds. The summed E-state index contributed by atoms with van der Waals surface area (Å²) in [6, 6.07) is 12.6. The van der Waals surface area contributed by atoms with Crippen molar-refractivity contribution in [1.82, 2.24) is 0 Å². The smallest absolute Gasteiger partial charge is 0.311 e. The van der Waals surface area contributed by atoms with E-state index in [0.29, 0.717) is 12.2 Å². The predicted octanol–water partition coefficient (Wildman–Crippen LogP) is 4.37. The summed E-state index contributed by atoms with van der Waals surface area (Å²) in [6.45, 7) is 4.36. The highest BCUT2D eigenvalue weighted by atomic mass is 16.6. The zero-order chi connectivity index (χ0) is 19.4. The molecule has 2 aromatic rings. The van der Waals surface area contributed by atoms with Crippen molar-refractivity contribution in [2.45, 2.75) is 32.7 Å². The van der Waals surface area contributed by atoms with Gasteiger partial charge in [-0.15, -0.1) is 0 Å². The summed E-state index contributed by atoms with van der Waals surface area (Å²) in [5, 5.41) is 11.3. The minimum atomic E-state index is -0.469. The fourth-order valence-corrected chi connectivity index (χ4v) is 3.26. The molecule has 0 radical (unpaired) electrons. The summed E-state index contributed by atoms with van der Waals surface area (Å²) in [4.78, 5) is 25.3. The minimum absolute atomic E-state index is 0.0821. The van der Waals surface area contributed by atoms with Crippen LogP contribution in [0.1, 0.15) is 31.4 Å². The first-order chi connectivity index (χ1) is 13.0. The number of nitrogens with zero attached hydrogens (tertiary/aromatic N) is 2. The van der Waals surface area contributed by atoms with Crippen molar-refractivity contribution < 1.29 is 14.5 Å². The lowest BCUT2D eigenvalue weighted by Crippen LogP contribution is -2.34. The van der Waals surface area contributed by atoms with E-state index in [1.54, 1.807) is 23.1 Å². The first-order valence-electron chi connectivity index (χ1n) is 9.01. The number of hydrogen-bond acceptors (Lipinski definition) is 4. The Morgan fingerprint density at radius 3 is 2.85 bits per heavy atom. The number of para-hydroxylation sites is 1. The molecule has 0 bridgehead atoms. The van der Waals surface area contributed by atoms with Gasteiger partial charge in [0.25, 0.3) is 5.91 Å². The van der Waals surface area contributed by atoms with Crippen LogP contribution in [0.2, 0.25) is 0 Å². The second-order valence-electron chi connectivity index (χ2n) is 6.56. The molecule has 1 heterocycles. The van der Waals surface area contributed by atoms with Gasteiger partial charge < -0.3 is 9.64 Å². The Morgan fingerprint density at radius 2 is 2.11 bits per heavy atom. The first kappa shape index (κ1) is 18.6. The van der Waals surface area contributed by atoms with Crippen LogP contribution in [-0.2, 0) is 11.2 Å². The summed E-state index contributed by atoms with van der Waals surface area (Å²) in [5.74, 6) is 0.105. The third-order valence-electron chi connectivity index (χ3n) is 4.50. The van der Waals surface area contributed by atoms with Crippen LogP contribution in [-0.4, -0.2) is 23.5 Å². The summed E-state index contributed by atoms with van der Waals surface area (Å²) >= 11 is 0. The Bertz CT molecular complexity index is 892. The van der Waals surface area contributed by atoms with Gasteiger partial charge in [-0.2, -0.15) is 0 Å². The fraction of sp³-hybridized carbons (Fsp3) is 0.286. The Labute approximate surface area is 158 Å². The number of nitro benzene ring substituents is 1. The van der Waals surface area contributed by atoms with Gasteiger partial charge in [0, 0.05) is 23.9 Å². The van der Waals surface area contributed by atoms with Gasteiger partial charge in [-0.25, -0.2) is 0 Å². The van der Waals surface area contributed by atoms with Gasteiger partial charge in [-0.1, -0.05) is 31.2 Å². The fourth-order valence-electron chi connectivity index (χ4n) is 3.26. The lowest BCUT2D eigenvalue weighted by molar-refractivity contribution is -0.385. The summed E-state index contributed by atoms with van der Waals surface area (Å²) < 4.78 is 5.42. The highest BCUT2D eigenvalue weighted by Crippen LogP contribution is 2.32. The van der Waals surface area contributed by atoms with Crippen LogP contribution in [0.4, 0.5) is 11.4 Å². The maximum atomic E-state index is 12.7. The van der Waals surface area contributed by atoms with Gasteiger partial charge in [-0.05, 0) is 49.1 Å². The number of anilines is 1. The molecule has 1 aliphatic rings. The van der Waals surface area contributed by atoms with E-state index in [1.807, 2.05) is 38.1 Å². The second kappa shape index (κ2) is 8.03. The largest absolute Gasteiger partial charge is 0.487 e. The van der Waals surface area contributed by atoms with E-state index in [4.69, 9.17) is 4.74 Å². The van der Waals surface area contributed by atoms with Crippen molar-refractivity contribution in [3.05, 3.63) is 69.8 Å². The van der Waals surface area contributed by atoms with E-state index >= 15 is 0 Å². The number of fused-ring (bicyclic) bond motifs is 1. The Kier molecular flexibility index (Phi) is 5.54. The molecule has 0 N–H and O–H groups in total. The number of amides is 1. The molecule has 0 aliphatic carbocycles. The number of ether oxygens (including phenoxy) is 1. The summed E-state index contributed by atoms with van der Waals surface area (Å²) in [7, 11) is 0. The van der Waals surface area contributed by atoms with E-state index < -0.39 is 4.92 Å². The molecular formula is C21H22N2O4. The number of carbonyl (C=O) groups is 1. The lowest BCUT2D eigenvalue weighted by Gasteiger charge is -2.20. The molecule has 3 rings (SSSR count). The Balaban J connectivity index is 1.80. The third-order valence-corrected chi connectivity index (χ3v) is 4.50. The summed E-state index contributed by atoms with van der Waals surface area (Å²) in [6.07, 6.45) is 4.66. The van der Waals surface area contributed by atoms with Crippen LogP contribution in [0.25, 0.3) is 6.08 Å². The maximum Gasteiger partial charge on any atom is 0.311 e. The number of rotatable bonds is 6. The zero-order valence-corrected chi connectivity index (χ0v) is 15.4. The molecule has 6 nitrogen and oxygen atoms in total. The highest BCUT2D eigenvalue weighted by molar-refractivity contribution is 6.05. The van der Waals surface area contributed by atoms with Crippen molar-refractivity contribution in [3.8, 4) is 5.75 Å². The molecule has 2 aromatic carbocycles. The van der Waals surface area contributed by atoms with E-state index in [2.05, 4.69) is 0 Å². The van der Waals surface area contributed by atoms with Gasteiger partial charge in [0.05, 0.1) is 11.5 Å². The van der Waals surface area contributed by atoms with Gasteiger partial charge >= 0.3 is 5.69 Å². The van der Waals surface area contributed by atoms with Gasteiger partial charge in [-0.3, -0.25) is 14.9 Å². The number of benzene rings is 2. The predicted molar refractivity (Wildman–Crippen MR) is 105 cm³/mol. The van der Waals surface area contributed by atoms with Crippen molar-refractivity contribution >= 4 is 23.4 Å². The summed E-state index contributed by atoms with van der Waals surface area (Å²) in [5.41, 5.74) is 2.56. The van der Waals surface area contributed by atoms with Crippen LogP contribution in [0, 0.1) is 10.1 Å². The highest BCUT2D eigenvalue weighted by Gasteiger charge is 2.29. The van der Waals surface area contributed by atoms with Gasteiger partial charge in [0.1, 0.15) is 0 Å². The molecule has 0 aromatic heterocycles. The van der Waals surface area contributed by atoms with Crippen LogP contribution in [0.15, 0.2) is 48.5 Å². The SMILES string of the molecule is CCCOc1ccc(/C=C/C(=O)N2c3ccccc3CC2C)cc1[N+](=O)[O-]. The molecule has 140 valence electrons. The maximum absolute atomic E-state index is 12.7. The number of hydrogen-bond donors (Lipinski definition) is 0. The minimum Gasteiger partial charge on any atom is -0.487 e. The molecule has 27 heavy (non-hydrogen) atoms. The molecule has 6 heteroatoms. The van der Waals surface area contributed by atoms with Crippen molar-refractivity contribution in [2.75, 3.05) is 11.5 Å². The Hall–Kier alpha value is -3.15. The average molecular weight is 366 g/mol. The molecule has 0 saturated heterocycles. The van der Waals surface area contributed by atoms with Crippen LogP contribution in [0.3, 0.4) is 0 Å². The molecular weight excluding hydrogens is 344 g/mol. The van der Waals surface area contributed by atoms with Crippen LogP contribution >= 0.6 is 0 Å². The van der Waals surface area contributed by atoms with E-state index in [9.17, 15) is 14.9 Å². The number of nitro groups is 1. The topological polar surface area (TPSA) is 72.7 Å². The molecule has 1 unspecified atom stereocenters. The van der Waals surface area contributed by atoms with E-state index in [-0.39, 0.29) is 23.4 Å². The van der Waals surface area contributed by atoms with E-state index in [0.717, 1.165) is 24.1 Å².